The smallest absolute Gasteiger partial charge is 0.371 e. The van der Waals surface area contributed by atoms with E-state index in [1.54, 1.807) is 12.1 Å². The molecule has 0 bridgehead atoms. The van der Waals surface area contributed by atoms with Gasteiger partial charge in [0, 0.05) is 54.4 Å². The van der Waals surface area contributed by atoms with E-state index in [2.05, 4.69) is 14.8 Å². The number of furan rings is 1. The van der Waals surface area contributed by atoms with E-state index in [1.807, 2.05) is 36.5 Å². The number of carbonyl (C=O) groups excluding carboxylic acids is 1. The molecule has 5 rings (SSSR count). The van der Waals surface area contributed by atoms with Gasteiger partial charge in [0.25, 0.3) is 0 Å². The number of esters is 1. The van der Waals surface area contributed by atoms with Gasteiger partial charge >= 0.3 is 11.9 Å². The Morgan fingerprint density at radius 2 is 1.89 bits per heavy atom. The lowest BCUT2D eigenvalue weighted by atomic mass is 10.0. The predicted octanol–water partition coefficient (Wildman–Crippen LogP) is 4.54. The number of H-pyrrole nitrogens is 1. The summed E-state index contributed by atoms with van der Waals surface area (Å²) in [4.78, 5) is 31.1. The third-order valence-electron chi connectivity index (χ3n) is 6.81. The number of piperazine rings is 1. The van der Waals surface area contributed by atoms with Crippen molar-refractivity contribution in [2.75, 3.05) is 44.7 Å². The van der Waals surface area contributed by atoms with E-state index in [9.17, 15) is 9.59 Å². The van der Waals surface area contributed by atoms with Gasteiger partial charge < -0.3 is 24.1 Å². The Hall–Kier alpha value is -3.78. The SMILES string of the molecule is COC(=O)c1ccc2[nH]cc(CCCCN3CCN(c4ccc5oc(C(=O)O)cc5c4)CC3)c2c1. The number of aryl methyl sites for hydroxylation is 1. The molecule has 0 amide bonds. The quantitative estimate of drug-likeness (QED) is 0.285. The first-order valence-corrected chi connectivity index (χ1v) is 11.9. The molecule has 0 saturated carbocycles. The molecule has 2 N–H and O–H groups in total. The molecule has 1 aliphatic rings. The number of carboxylic acids is 1. The largest absolute Gasteiger partial charge is 0.475 e. The summed E-state index contributed by atoms with van der Waals surface area (Å²) in [6.45, 7) is 4.94. The molecule has 1 fully saturated rings. The number of benzene rings is 2. The van der Waals surface area contributed by atoms with Gasteiger partial charge in [0.2, 0.25) is 5.76 Å². The van der Waals surface area contributed by atoms with Crippen LogP contribution in [0.3, 0.4) is 0 Å². The number of ether oxygens (including phenoxy) is 1. The van der Waals surface area contributed by atoms with Crippen molar-refractivity contribution >= 4 is 39.5 Å². The lowest BCUT2D eigenvalue weighted by molar-refractivity contribution is 0.0599. The molecule has 2 aromatic carbocycles. The Morgan fingerprint density at radius 3 is 2.66 bits per heavy atom. The summed E-state index contributed by atoms with van der Waals surface area (Å²) < 4.78 is 10.2. The number of aromatic nitrogens is 1. The topological polar surface area (TPSA) is 99.0 Å². The maximum Gasteiger partial charge on any atom is 0.371 e. The average Bonchev–Trinajstić information content (AvgIpc) is 3.50. The zero-order valence-corrected chi connectivity index (χ0v) is 19.8. The summed E-state index contributed by atoms with van der Waals surface area (Å²) in [7, 11) is 1.40. The minimum Gasteiger partial charge on any atom is -0.475 e. The first-order valence-electron chi connectivity index (χ1n) is 11.9. The molecule has 4 aromatic rings. The van der Waals surface area contributed by atoms with Crippen LogP contribution >= 0.6 is 0 Å². The molecule has 0 radical (unpaired) electrons. The summed E-state index contributed by atoms with van der Waals surface area (Å²) in [6.07, 6.45) is 5.20. The molecule has 1 saturated heterocycles. The molecule has 8 heteroatoms. The molecule has 182 valence electrons. The molecule has 0 spiro atoms. The van der Waals surface area contributed by atoms with Crippen LogP contribution < -0.4 is 4.90 Å². The van der Waals surface area contributed by atoms with Crippen molar-refractivity contribution < 1.29 is 23.8 Å². The molecule has 2 aromatic heterocycles. The summed E-state index contributed by atoms with van der Waals surface area (Å²) in [6, 6.07) is 13.1. The van der Waals surface area contributed by atoms with Gasteiger partial charge in [0.1, 0.15) is 5.58 Å². The van der Waals surface area contributed by atoms with Crippen molar-refractivity contribution in [2.24, 2.45) is 0 Å². The number of fused-ring (bicyclic) bond motifs is 2. The number of nitrogens with one attached hydrogen (secondary N) is 1. The van der Waals surface area contributed by atoms with Gasteiger partial charge in [0.05, 0.1) is 12.7 Å². The Kier molecular flexibility index (Phi) is 6.46. The summed E-state index contributed by atoms with van der Waals surface area (Å²) in [5, 5.41) is 11.0. The van der Waals surface area contributed by atoms with Crippen LogP contribution in [0.5, 0.6) is 0 Å². The summed E-state index contributed by atoms with van der Waals surface area (Å²) >= 11 is 0. The second-order valence-electron chi connectivity index (χ2n) is 8.99. The molecular formula is C27H29N3O5. The number of hydrogen-bond donors (Lipinski definition) is 2. The number of aromatic amines is 1. The fourth-order valence-corrected chi connectivity index (χ4v) is 4.84. The van der Waals surface area contributed by atoms with Crippen molar-refractivity contribution in [3.8, 4) is 0 Å². The fraction of sp³-hybridized carbons (Fsp3) is 0.333. The van der Waals surface area contributed by atoms with E-state index in [0.717, 1.165) is 74.0 Å². The number of carbonyl (C=O) groups is 2. The standard InChI is InChI=1S/C27H29N3O5/c1-34-27(33)18-5-7-23-22(15-18)19(17-28-23)4-2-3-9-29-10-12-30(13-11-29)21-6-8-24-20(14-21)16-25(35-24)26(31)32/h5-8,14-17,28H,2-4,9-13H2,1H3,(H,31,32). The number of rotatable bonds is 8. The van der Waals surface area contributed by atoms with Gasteiger partial charge in [-0.05, 0) is 73.8 Å². The van der Waals surface area contributed by atoms with E-state index in [1.165, 1.54) is 12.7 Å². The van der Waals surface area contributed by atoms with Crippen LogP contribution in [0.2, 0.25) is 0 Å². The highest BCUT2D eigenvalue weighted by atomic mass is 16.5. The molecule has 0 unspecified atom stereocenters. The lowest BCUT2D eigenvalue weighted by Crippen LogP contribution is -2.46. The van der Waals surface area contributed by atoms with Crippen molar-refractivity contribution in [3.05, 3.63) is 65.5 Å². The second kappa shape index (κ2) is 9.84. The monoisotopic (exact) mass is 475 g/mol. The molecule has 8 nitrogen and oxygen atoms in total. The average molecular weight is 476 g/mol. The van der Waals surface area contributed by atoms with Crippen LogP contribution in [0.25, 0.3) is 21.9 Å². The van der Waals surface area contributed by atoms with Gasteiger partial charge in [-0.15, -0.1) is 0 Å². The third kappa shape index (κ3) is 4.88. The highest BCUT2D eigenvalue weighted by molar-refractivity contribution is 5.95. The second-order valence-corrected chi connectivity index (χ2v) is 8.99. The minimum atomic E-state index is -1.05. The maximum absolute atomic E-state index is 11.9. The van der Waals surface area contributed by atoms with E-state index >= 15 is 0 Å². The molecule has 1 aliphatic heterocycles. The lowest BCUT2D eigenvalue weighted by Gasteiger charge is -2.36. The Balaban J connectivity index is 1.11. The Bertz CT molecular complexity index is 1360. The number of unbranched alkanes of at least 4 members (excludes halogenated alkanes) is 1. The minimum absolute atomic E-state index is 0.0292. The number of carboxylic acid groups (broad SMARTS) is 1. The zero-order chi connectivity index (χ0) is 24.4. The number of hydrogen-bond acceptors (Lipinski definition) is 6. The Labute approximate surface area is 203 Å². The van der Waals surface area contributed by atoms with Crippen LogP contribution in [0, 0.1) is 0 Å². The first-order chi connectivity index (χ1) is 17.0. The van der Waals surface area contributed by atoms with Crippen LogP contribution in [0.4, 0.5) is 5.69 Å². The normalized spacial score (nSPS) is 14.6. The van der Waals surface area contributed by atoms with Crippen molar-refractivity contribution in [3.63, 3.8) is 0 Å². The number of methoxy groups -OCH3 is 1. The predicted molar refractivity (Wildman–Crippen MR) is 134 cm³/mol. The van der Waals surface area contributed by atoms with Gasteiger partial charge in [-0.2, -0.15) is 0 Å². The van der Waals surface area contributed by atoms with Gasteiger partial charge in [0.15, 0.2) is 0 Å². The molecule has 0 atom stereocenters. The van der Waals surface area contributed by atoms with Crippen molar-refractivity contribution in [2.45, 2.75) is 19.3 Å². The van der Waals surface area contributed by atoms with E-state index in [4.69, 9.17) is 14.3 Å². The molecule has 3 heterocycles. The van der Waals surface area contributed by atoms with Gasteiger partial charge in [-0.3, -0.25) is 4.90 Å². The molecule has 0 aliphatic carbocycles. The number of aromatic carboxylic acids is 1. The van der Waals surface area contributed by atoms with Gasteiger partial charge in [-0.1, -0.05) is 0 Å². The third-order valence-corrected chi connectivity index (χ3v) is 6.81. The van der Waals surface area contributed by atoms with Gasteiger partial charge in [-0.25, -0.2) is 9.59 Å². The molecule has 35 heavy (non-hydrogen) atoms. The summed E-state index contributed by atoms with van der Waals surface area (Å²) in [5.41, 5.74) is 4.54. The van der Waals surface area contributed by atoms with Crippen LogP contribution in [0.15, 0.2) is 53.1 Å². The van der Waals surface area contributed by atoms with Crippen molar-refractivity contribution in [1.82, 2.24) is 9.88 Å². The number of nitrogens with zero attached hydrogens (tertiary/aromatic N) is 2. The van der Waals surface area contributed by atoms with Crippen LogP contribution in [-0.2, 0) is 11.2 Å². The van der Waals surface area contributed by atoms with E-state index < -0.39 is 5.97 Å². The summed E-state index contributed by atoms with van der Waals surface area (Å²) in [5.74, 6) is -1.39. The molecular weight excluding hydrogens is 446 g/mol. The van der Waals surface area contributed by atoms with E-state index in [0.29, 0.717) is 11.1 Å². The Morgan fingerprint density at radius 1 is 1.06 bits per heavy atom. The highest BCUT2D eigenvalue weighted by Crippen LogP contribution is 2.26. The highest BCUT2D eigenvalue weighted by Gasteiger charge is 2.18. The first kappa shape index (κ1) is 23.0. The van der Waals surface area contributed by atoms with Crippen molar-refractivity contribution in [1.29, 1.82) is 0 Å². The van der Waals surface area contributed by atoms with E-state index in [-0.39, 0.29) is 11.7 Å². The van der Waals surface area contributed by atoms with Crippen LogP contribution in [0.1, 0.15) is 39.3 Å². The zero-order valence-electron chi connectivity index (χ0n) is 19.8. The number of anilines is 1. The maximum atomic E-state index is 11.9. The fourth-order valence-electron chi connectivity index (χ4n) is 4.84. The van der Waals surface area contributed by atoms with Crippen LogP contribution in [-0.4, -0.2) is 66.8 Å².